The van der Waals surface area contributed by atoms with E-state index in [9.17, 15) is 14.4 Å². The van der Waals surface area contributed by atoms with Crippen LogP contribution in [0.3, 0.4) is 0 Å². The van der Waals surface area contributed by atoms with Gasteiger partial charge in [-0.2, -0.15) is 0 Å². The maximum atomic E-state index is 11.8. The van der Waals surface area contributed by atoms with Crippen LogP contribution in [-0.4, -0.2) is 29.4 Å². The molecule has 1 aliphatic carbocycles. The third-order valence-electron chi connectivity index (χ3n) is 3.33. The predicted octanol–water partition coefficient (Wildman–Crippen LogP) is 0.380. The molecule has 0 aromatic heterocycles. The number of carboxylic acids is 1. The van der Waals surface area contributed by atoms with Crippen LogP contribution in [0.25, 0.3) is 0 Å². The minimum Gasteiger partial charge on any atom is -0.481 e. The highest BCUT2D eigenvalue weighted by molar-refractivity contribution is 5.97. The van der Waals surface area contributed by atoms with Gasteiger partial charge in [-0.1, -0.05) is 0 Å². The molecule has 1 aromatic rings. The Balaban J connectivity index is 1.97. The summed E-state index contributed by atoms with van der Waals surface area (Å²) in [7, 11) is 0. The highest BCUT2D eigenvalue weighted by Gasteiger charge is 2.50. The number of nitrogens with two attached hydrogens (primary N) is 1. The molecule has 0 aliphatic heterocycles. The molecule has 2 rings (SSSR count). The molecule has 1 aromatic carbocycles. The van der Waals surface area contributed by atoms with E-state index in [1.165, 1.54) is 24.3 Å². The van der Waals surface area contributed by atoms with Crippen LogP contribution in [0, 0.1) is 5.41 Å². The van der Waals surface area contributed by atoms with E-state index < -0.39 is 17.3 Å². The van der Waals surface area contributed by atoms with Gasteiger partial charge in [0, 0.05) is 17.7 Å². The number of amides is 2. The molecule has 1 aliphatic rings. The predicted molar refractivity (Wildman–Crippen MR) is 66.6 cm³/mol. The average Bonchev–Trinajstić information content (AvgIpc) is 3.17. The van der Waals surface area contributed by atoms with Crippen molar-refractivity contribution in [3.63, 3.8) is 0 Å². The highest BCUT2D eigenvalue weighted by Crippen LogP contribution is 2.45. The normalized spacial score (nSPS) is 15.6. The van der Waals surface area contributed by atoms with Crippen LogP contribution in [0.2, 0.25) is 0 Å². The number of carbonyl (C=O) groups is 3. The van der Waals surface area contributed by atoms with E-state index in [1.807, 2.05) is 0 Å². The number of hydrogen-bond donors (Lipinski definition) is 3. The molecule has 0 radical (unpaired) electrons. The average molecular weight is 262 g/mol. The van der Waals surface area contributed by atoms with E-state index in [1.54, 1.807) is 0 Å². The molecule has 0 atom stereocenters. The Morgan fingerprint density at radius 2 is 1.68 bits per heavy atom. The van der Waals surface area contributed by atoms with Crippen LogP contribution in [0.4, 0.5) is 0 Å². The van der Waals surface area contributed by atoms with E-state index in [0.29, 0.717) is 24.0 Å². The summed E-state index contributed by atoms with van der Waals surface area (Å²) in [5.74, 6) is -1.80. The van der Waals surface area contributed by atoms with Crippen molar-refractivity contribution in [1.29, 1.82) is 0 Å². The van der Waals surface area contributed by atoms with E-state index >= 15 is 0 Å². The van der Waals surface area contributed by atoms with Crippen molar-refractivity contribution in [3.8, 4) is 0 Å². The van der Waals surface area contributed by atoms with Gasteiger partial charge in [-0.05, 0) is 37.1 Å². The number of primary amides is 1. The standard InChI is InChI=1S/C13H14N2O4/c14-10(16)8-1-3-9(4-2-8)11(17)15-7-13(5-6-13)12(18)19/h1-4H,5-7H2,(H2,14,16)(H,15,17)(H,18,19). The lowest BCUT2D eigenvalue weighted by molar-refractivity contribution is -0.143. The molecule has 0 saturated heterocycles. The summed E-state index contributed by atoms with van der Waals surface area (Å²) >= 11 is 0. The zero-order valence-corrected chi connectivity index (χ0v) is 10.2. The minimum atomic E-state index is -0.878. The van der Waals surface area contributed by atoms with Gasteiger partial charge in [0.05, 0.1) is 5.41 Å². The first-order chi connectivity index (χ1) is 8.94. The molecule has 6 heteroatoms. The molecule has 100 valence electrons. The minimum absolute atomic E-state index is 0.124. The summed E-state index contributed by atoms with van der Waals surface area (Å²) in [5, 5.41) is 11.6. The molecule has 2 amide bonds. The van der Waals surface area contributed by atoms with Gasteiger partial charge in [-0.3, -0.25) is 14.4 Å². The Hall–Kier alpha value is -2.37. The largest absolute Gasteiger partial charge is 0.481 e. The van der Waals surface area contributed by atoms with Crippen molar-refractivity contribution in [2.45, 2.75) is 12.8 Å². The first-order valence-corrected chi connectivity index (χ1v) is 5.86. The molecule has 4 N–H and O–H groups in total. The number of carbonyl (C=O) groups excluding carboxylic acids is 2. The van der Waals surface area contributed by atoms with Gasteiger partial charge in [0.1, 0.15) is 0 Å². The van der Waals surface area contributed by atoms with Crippen LogP contribution in [0.1, 0.15) is 33.6 Å². The van der Waals surface area contributed by atoms with Gasteiger partial charge in [0.15, 0.2) is 0 Å². The van der Waals surface area contributed by atoms with Gasteiger partial charge in [-0.25, -0.2) is 0 Å². The third-order valence-corrected chi connectivity index (χ3v) is 3.33. The molecule has 0 unspecified atom stereocenters. The fourth-order valence-corrected chi connectivity index (χ4v) is 1.75. The SMILES string of the molecule is NC(=O)c1ccc(C(=O)NCC2(C(=O)O)CC2)cc1. The topological polar surface area (TPSA) is 109 Å². The van der Waals surface area contributed by atoms with E-state index in [2.05, 4.69) is 5.32 Å². The van der Waals surface area contributed by atoms with Gasteiger partial charge in [0.25, 0.3) is 5.91 Å². The Morgan fingerprint density at radius 1 is 1.16 bits per heavy atom. The van der Waals surface area contributed by atoms with Gasteiger partial charge >= 0.3 is 5.97 Å². The fraction of sp³-hybridized carbons (Fsp3) is 0.308. The Morgan fingerprint density at radius 3 is 2.11 bits per heavy atom. The number of aliphatic carboxylic acids is 1. The summed E-state index contributed by atoms with van der Waals surface area (Å²) in [6, 6.07) is 5.88. The molecule has 1 saturated carbocycles. The third kappa shape index (κ3) is 2.73. The van der Waals surface area contributed by atoms with E-state index in [0.717, 1.165) is 0 Å². The van der Waals surface area contributed by atoms with Crippen LogP contribution in [0.5, 0.6) is 0 Å². The van der Waals surface area contributed by atoms with Crippen LogP contribution >= 0.6 is 0 Å². The summed E-state index contributed by atoms with van der Waals surface area (Å²) in [4.78, 5) is 33.6. The Kier molecular flexibility index (Phi) is 3.25. The first kappa shape index (κ1) is 13.1. The Bertz CT molecular complexity index is 532. The summed E-state index contributed by atoms with van der Waals surface area (Å²) in [5.41, 5.74) is 4.99. The van der Waals surface area contributed by atoms with Crippen molar-refractivity contribution in [1.82, 2.24) is 5.32 Å². The summed E-state index contributed by atoms with van der Waals surface area (Å²) < 4.78 is 0. The lowest BCUT2D eigenvalue weighted by Crippen LogP contribution is -2.34. The molecule has 19 heavy (non-hydrogen) atoms. The molecular weight excluding hydrogens is 248 g/mol. The molecular formula is C13H14N2O4. The number of rotatable bonds is 5. The molecule has 1 fully saturated rings. The zero-order valence-electron chi connectivity index (χ0n) is 10.2. The second-order valence-corrected chi connectivity index (χ2v) is 4.71. The first-order valence-electron chi connectivity index (χ1n) is 5.86. The number of carboxylic acid groups (broad SMARTS) is 1. The van der Waals surface area contributed by atoms with Crippen LogP contribution < -0.4 is 11.1 Å². The second-order valence-electron chi connectivity index (χ2n) is 4.71. The van der Waals surface area contributed by atoms with Crippen LogP contribution in [0.15, 0.2) is 24.3 Å². The quantitative estimate of drug-likeness (QED) is 0.712. The number of nitrogens with one attached hydrogen (secondary N) is 1. The smallest absolute Gasteiger partial charge is 0.311 e. The van der Waals surface area contributed by atoms with Crippen molar-refractivity contribution in [3.05, 3.63) is 35.4 Å². The van der Waals surface area contributed by atoms with Gasteiger partial charge in [-0.15, -0.1) is 0 Å². The highest BCUT2D eigenvalue weighted by atomic mass is 16.4. The lowest BCUT2D eigenvalue weighted by atomic mass is 10.1. The second kappa shape index (κ2) is 4.72. The summed E-state index contributed by atoms with van der Waals surface area (Å²) in [6.45, 7) is 0.124. The van der Waals surface area contributed by atoms with E-state index in [4.69, 9.17) is 10.8 Å². The van der Waals surface area contributed by atoms with Gasteiger partial charge < -0.3 is 16.2 Å². The molecule has 0 spiro atoms. The zero-order chi connectivity index (χ0) is 14.0. The van der Waals surface area contributed by atoms with Crippen molar-refractivity contribution >= 4 is 17.8 Å². The maximum Gasteiger partial charge on any atom is 0.311 e. The fourth-order valence-electron chi connectivity index (χ4n) is 1.75. The van der Waals surface area contributed by atoms with Gasteiger partial charge in [0.2, 0.25) is 5.91 Å². The van der Waals surface area contributed by atoms with Crippen molar-refractivity contribution in [2.24, 2.45) is 11.1 Å². The Labute approximate surface area is 109 Å². The lowest BCUT2D eigenvalue weighted by Gasteiger charge is -2.11. The molecule has 0 bridgehead atoms. The van der Waals surface area contributed by atoms with Crippen molar-refractivity contribution < 1.29 is 19.5 Å². The van der Waals surface area contributed by atoms with E-state index in [-0.39, 0.29) is 12.5 Å². The number of hydrogen-bond acceptors (Lipinski definition) is 3. The van der Waals surface area contributed by atoms with Crippen LogP contribution in [-0.2, 0) is 4.79 Å². The summed E-state index contributed by atoms with van der Waals surface area (Å²) in [6.07, 6.45) is 1.17. The maximum absolute atomic E-state index is 11.8. The number of benzene rings is 1. The molecule has 6 nitrogen and oxygen atoms in total. The van der Waals surface area contributed by atoms with Crippen molar-refractivity contribution in [2.75, 3.05) is 6.54 Å². The molecule has 0 heterocycles. The monoisotopic (exact) mass is 262 g/mol.